The predicted octanol–water partition coefficient (Wildman–Crippen LogP) is 5.75. The smallest absolute Gasteiger partial charge is 0.250 e. The second kappa shape index (κ2) is 7.81. The van der Waals surface area contributed by atoms with Crippen LogP contribution in [0.25, 0.3) is 0 Å². The Balaban J connectivity index is 1.58. The number of oxime groups is 1. The third kappa shape index (κ3) is 3.06. The van der Waals surface area contributed by atoms with Crippen LogP contribution in [-0.4, -0.2) is 17.0 Å². The van der Waals surface area contributed by atoms with Crippen molar-refractivity contribution in [2.24, 2.45) is 5.16 Å². The molecule has 162 valence electrons. The molecule has 0 saturated heterocycles. The molecule has 32 heavy (non-hydrogen) atoms. The highest BCUT2D eigenvalue weighted by atomic mass is 35.5. The molecule has 0 bridgehead atoms. The van der Waals surface area contributed by atoms with Crippen LogP contribution < -0.4 is 10.0 Å². The summed E-state index contributed by atoms with van der Waals surface area (Å²) >= 11 is 13.1. The minimum absolute atomic E-state index is 0.143. The molecular formula is C24H20Cl2N4O2. The van der Waals surface area contributed by atoms with Gasteiger partial charge in [0.25, 0.3) is 0 Å². The number of nitrogens with zero attached hydrogens (tertiary/aromatic N) is 4. The zero-order valence-corrected chi connectivity index (χ0v) is 19.3. The first-order chi connectivity index (χ1) is 15.4. The van der Waals surface area contributed by atoms with E-state index in [0.717, 1.165) is 33.5 Å². The monoisotopic (exact) mass is 466 g/mol. The Morgan fingerprint density at radius 3 is 2.12 bits per heavy atom. The van der Waals surface area contributed by atoms with Crippen molar-refractivity contribution in [2.45, 2.75) is 27.2 Å². The molecule has 8 heteroatoms. The fourth-order valence-corrected chi connectivity index (χ4v) is 4.63. The number of benzene rings is 3. The fraction of sp³-hybridized carbons (Fsp3) is 0.167. The predicted molar refractivity (Wildman–Crippen MR) is 127 cm³/mol. The molecule has 0 radical (unpaired) electrons. The SMILES string of the molecule is Cc1c(Cl)c(C)c(C2=NON3N(C(=O)Cc4ccccc4)c4ccccc4N23)c(C)c1Cl. The maximum atomic E-state index is 13.3. The van der Waals surface area contributed by atoms with E-state index in [2.05, 4.69) is 5.16 Å². The molecule has 0 fully saturated rings. The molecule has 0 atom stereocenters. The van der Waals surface area contributed by atoms with Crippen LogP contribution in [-0.2, 0) is 16.2 Å². The molecule has 0 spiro atoms. The number of carbonyl (C=O) groups excluding carboxylic acids is 1. The first kappa shape index (κ1) is 20.8. The largest absolute Gasteiger partial charge is 0.272 e. The van der Waals surface area contributed by atoms with Crippen LogP contribution in [0, 0.1) is 20.8 Å². The van der Waals surface area contributed by atoms with E-state index in [4.69, 9.17) is 28.1 Å². The average Bonchev–Trinajstić information content (AvgIpc) is 3.36. The lowest BCUT2D eigenvalue weighted by molar-refractivity contribution is -0.157. The molecule has 6 nitrogen and oxygen atoms in total. The molecule has 0 saturated carbocycles. The summed E-state index contributed by atoms with van der Waals surface area (Å²) in [6, 6.07) is 17.2. The Hall–Kier alpha value is -3.06. The summed E-state index contributed by atoms with van der Waals surface area (Å²) in [5, 5.41) is 10.1. The molecule has 0 N–H and O–H groups in total. The minimum Gasteiger partial charge on any atom is -0.272 e. The summed E-state index contributed by atoms with van der Waals surface area (Å²) in [7, 11) is 0. The molecule has 0 aromatic heterocycles. The van der Waals surface area contributed by atoms with Crippen LogP contribution in [0.5, 0.6) is 0 Å². The lowest BCUT2D eigenvalue weighted by Crippen LogP contribution is -2.49. The van der Waals surface area contributed by atoms with Gasteiger partial charge in [-0.3, -0.25) is 9.73 Å². The Kier molecular flexibility index (Phi) is 5.08. The summed E-state index contributed by atoms with van der Waals surface area (Å²) in [4.78, 5) is 19.0. The lowest BCUT2D eigenvalue weighted by atomic mass is 9.98. The van der Waals surface area contributed by atoms with Gasteiger partial charge in [-0.25, -0.2) is 0 Å². The van der Waals surface area contributed by atoms with E-state index >= 15 is 0 Å². The van der Waals surface area contributed by atoms with Crippen molar-refractivity contribution in [1.29, 1.82) is 0 Å². The third-order valence-electron chi connectivity index (χ3n) is 5.81. The number of hydrazine groups is 2. The number of para-hydroxylation sites is 2. The van der Waals surface area contributed by atoms with E-state index in [0.29, 0.717) is 21.6 Å². The molecular weight excluding hydrogens is 447 g/mol. The van der Waals surface area contributed by atoms with Gasteiger partial charge in [-0.15, -0.1) is 0 Å². The Morgan fingerprint density at radius 2 is 1.47 bits per heavy atom. The number of rotatable bonds is 3. The zero-order chi connectivity index (χ0) is 22.6. The van der Waals surface area contributed by atoms with E-state index in [1.165, 1.54) is 10.3 Å². The second-order valence-electron chi connectivity index (χ2n) is 7.80. The van der Waals surface area contributed by atoms with Crippen LogP contribution in [0.2, 0.25) is 10.0 Å². The van der Waals surface area contributed by atoms with Crippen molar-refractivity contribution in [3.8, 4) is 0 Å². The van der Waals surface area contributed by atoms with Gasteiger partial charge in [0.05, 0.1) is 23.1 Å². The standard InChI is InChI=1S/C24H20Cl2N4O2/c1-14-21(15(2)23(26)16(3)22(14)25)24-27-32-30-28(18-11-7-8-12-19(18)29(24)30)20(31)13-17-9-5-4-6-10-17/h4-12H,13H2,1-3H3. The Bertz CT molecular complexity index is 1250. The van der Waals surface area contributed by atoms with Gasteiger partial charge in [-0.05, 0) is 60.3 Å². The van der Waals surface area contributed by atoms with E-state index in [1.54, 1.807) is 5.01 Å². The minimum atomic E-state index is -0.143. The summed E-state index contributed by atoms with van der Waals surface area (Å²) in [5.74, 6) is 0.377. The second-order valence-corrected chi connectivity index (χ2v) is 8.55. The van der Waals surface area contributed by atoms with Gasteiger partial charge in [0.15, 0.2) is 0 Å². The molecule has 3 aromatic carbocycles. The number of hydrogen-bond donors (Lipinski definition) is 0. The lowest BCUT2D eigenvalue weighted by Gasteiger charge is -2.25. The van der Waals surface area contributed by atoms with Gasteiger partial charge in [-0.2, -0.15) is 10.0 Å². The summed E-state index contributed by atoms with van der Waals surface area (Å²) in [6.07, 6.45) is 0.221. The van der Waals surface area contributed by atoms with E-state index in [1.807, 2.05) is 75.4 Å². The first-order valence-electron chi connectivity index (χ1n) is 10.2. The van der Waals surface area contributed by atoms with Gasteiger partial charge >= 0.3 is 0 Å². The zero-order valence-electron chi connectivity index (χ0n) is 17.8. The average molecular weight is 467 g/mol. The summed E-state index contributed by atoms with van der Waals surface area (Å²) in [5.41, 5.74) is 5.70. The van der Waals surface area contributed by atoms with Gasteiger partial charge < -0.3 is 0 Å². The van der Waals surface area contributed by atoms with E-state index in [9.17, 15) is 4.79 Å². The number of halogens is 2. The first-order valence-corrected chi connectivity index (χ1v) is 10.9. The molecule has 2 heterocycles. The highest BCUT2D eigenvalue weighted by Gasteiger charge is 2.47. The third-order valence-corrected chi connectivity index (χ3v) is 6.94. The maximum absolute atomic E-state index is 13.3. The van der Waals surface area contributed by atoms with Crippen LogP contribution in [0.4, 0.5) is 11.4 Å². The maximum Gasteiger partial charge on any atom is 0.250 e. The van der Waals surface area contributed by atoms with Gasteiger partial charge in [0.1, 0.15) is 0 Å². The van der Waals surface area contributed by atoms with Crippen molar-refractivity contribution < 1.29 is 9.73 Å². The van der Waals surface area contributed by atoms with Crippen molar-refractivity contribution in [3.05, 3.63) is 92.5 Å². The quantitative estimate of drug-likeness (QED) is 0.492. The van der Waals surface area contributed by atoms with Crippen LogP contribution in [0.1, 0.15) is 27.8 Å². The molecule has 1 amide bonds. The van der Waals surface area contributed by atoms with E-state index < -0.39 is 0 Å². The van der Waals surface area contributed by atoms with Crippen molar-refractivity contribution in [3.63, 3.8) is 0 Å². The fourth-order valence-electron chi connectivity index (χ4n) is 4.20. The number of hydrogen-bond acceptors (Lipinski definition) is 5. The topological polar surface area (TPSA) is 48.4 Å². The highest BCUT2D eigenvalue weighted by molar-refractivity contribution is 6.38. The van der Waals surface area contributed by atoms with E-state index in [-0.39, 0.29) is 12.3 Å². The number of amidine groups is 1. The van der Waals surface area contributed by atoms with Crippen molar-refractivity contribution in [1.82, 2.24) is 5.28 Å². The van der Waals surface area contributed by atoms with Crippen molar-refractivity contribution >= 4 is 46.3 Å². The Labute approximate surface area is 196 Å². The molecule has 2 aliphatic rings. The van der Waals surface area contributed by atoms with Gasteiger partial charge in [-0.1, -0.05) is 65.7 Å². The van der Waals surface area contributed by atoms with Gasteiger partial charge in [0, 0.05) is 15.6 Å². The molecule has 3 aromatic rings. The van der Waals surface area contributed by atoms with Gasteiger partial charge in [0.2, 0.25) is 11.7 Å². The Morgan fingerprint density at radius 1 is 0.875 bits per heavy atom. The number of fused-ring (bicyclic) bond motifs is 3. The number of amides is 1. The summed E-state index contributed by atoms with van der Waals surface area (Å²) in [6.45, 7) is 5.75. The number of carbonyl (C=O) groups is 1. The van der Waals surface area contributed by atoms with Crippen LogP contribution in [0.15, 0.2) is 59.8 Å². The van der Waals surface area contributed by atoms with Crippen LogP contribution in [0.3, 0.4) is 0 Å². The van der Waals surface area contributed by atoms with Crippen LogP contribution >= 0.6 is 23.2 Å². The normalized spacial score (nSPS) is 14.8. The molecule has 0 unspecified atom stereocenters. The molecule has 0 aliphatic carbocycles. The molecule has 2 aliphatic heterocycles. The number of anilines is 2. The molecule has 5 rings (SSSR count). The summed E-state index contributed by atoms with van der Waals surface area (Å²) < 4.78 is 0. The van der Waals surface area contributed by atoms with Crippen molar-refractivity contribution in [2.75, 3.05) is 10.0 Å². The highest BCUT2D eigenvalue weighted by Crippen LogP contribution is 2.44.